The lowest BCUT2D eigenvalue weighted by Crippen LogP contribution is -2.26. The van der Waals surface area contributed by atoms with Crippen LogP contribution in [0.15, 0.2) is 60.7 Å². The molecule has 0 saturated carbocycles. The SMILES string of the molecule is CCN(CC)c1ccc2c(c1Oc1ccc(C(C)(C)C)cc1)C(=O)c1ccccc1C2=O. The predicted octanol–water partition coefficient (Wildman–Crippen LogP) is 6.40. The van der Waals surface area contributed by atoms with Crippen molar-refractivity contribution in [2.24, 2.45) is 0 Å². The standard InChI is InChI=1S/C28H29NO3/c1-6-29(7-2)23-17-16-22-24(26(31)21-11-9-8-10-20(21)25(22)30)27(23)32-19-14-12-18(13-15-19)28(3,4)5/h8-17H,6-7H2,1-5H3. The second kappa shape index (κ2) is 8.27. The van der Waals surface area contributed by atoms with E-state index >= 15 is 0 Å². The summed E-state index contributed by atoms with van der Waals surface area (Å²) in [6.45, 7) is 12.1. The smallest absolute Gasteiger partial charge is 0.198 e. The Hall–Kier alpha value is -3.40. The molecule has 3 aromatic carbocycles. The van der Waals surface area contributed by atoms with Crippen LogP contribution >= 0.6 is 0 Å². The van der Waals surface area contributed by atoms with Crippen LogP contribution in [0.2, 0.25) is 0 Å². The summed E-state index contributed by atoms with van der Waals surface area (Å²) in [7, 11) is 0. The second-order valence-corrected chi connectivity index (χ2v) is 9.09. The van der Waals surface area contributed by atoms with Gasteiger partial charge in [-0.2, -0.15) is 0 Å². The maximum absolute atomic E-state index is 13.6. The highest BCUT2D eigenvalue weighted by Crippen LogP contribution is 2.42. The number of ether oxygens (including phenoxy) is 1. The van der Waals surface area contributed by atoms with Crippen LogP contribution in [0.1, 0.15) is 72.0 Å². The Labute approximate surface area is 189 Å². The molecule has 0 saturated heterocycles. The lowest BCUT2D eigenvalue weighted by atomic mass is 9.83. The Bertz CT molecular complexity index is 1180. The molecule has 0 aromatic heterocycles. The van der Waals surface area contributed by atoms with Gasteiger partial charge in [0.2, 0.25) is 0 Å². The zero-order valence-electron chi connectivity index (χ0n) is 19.4. The molecule has 0 heterocycles. The summed E-state index contributed by atoms with van der Waals surface area (Å²) in [6.07, 6.45) is 0. The third-order valence-electron chi connectivity index (χ3n) is 6.07. The van der Waals surface area contributed by atoms with Gasteiger partial charge in [-0.3, -0.25) is 9.59 Å². The molecule has 0 N–H and O–H groups in total. The fraction of sp³-hybridized carbons (Fsp3) is 0.286. The van der Waals surface area contributed by atoms with E-state index in [2.05, 4.69) is 39.5 Å². The predicted molar refractivity (Wildman–Crippen MR) is 129 cm³/mol. The van der Waals surface area contributed by atoms with Crippen molar-refractivity contribution in [3.63, 3.8) is 0 Å². The van der Waals surface area contributed by atoms with Gasteiger partial charge in [0.05, 0.1) is 11.3 Å². The molecule has 4 rings (SSSR count). The van der Waals surface area contributed by atoms with Gasteiger partial charge in [-0.05, 0) is 49.1 Å². The molecule has 0 unspecified atom stereocenters. The van der Waals surface area contributed by atoms with Crippen LogP contribution in [0.4, 0.5) is 5.69 Å². The number of anilines is 1. The average Bonchev–Trinajstić information content (AvgIpc) is 2.78. The van der Waals surface area contributed by atoms with Crippen LogP contribution in [0.3, 0.4) is 0 Å². The van der Waals surface area contributed by atoms with Crippen LogP contribution < -0.4 is 9.64 Å². The summed E-state index contributed by atoms with van der Waals surface area (Å²) in [4.78, 5) is 28.9. The number of hydrogen-bond donors (Lipinski definition) is 0. The highest BCUT2D eigenvalue weighted by Gasteiger charge is 2.34. The number of nitrogens with zero attached hydrogens (tertiary/aromatic N) is 1. The zero-order valence-corrected chi connectivity index (χ0v) is 19.4. The van der Waals surface area contributed by atoms with Crippen LogP contribution in [0.25, 0.3) is 0 Å². The quantitative estimate of drug-likeness (QED) is 0.370. The molecule has 0 bridgehead atoms. The normalized spacial score (nSPS) is 12.9. The molecule has 32 heavy (non-hydrogen) atoms. The van der Waals surface area contributed by atoms with Crippen molar-refractivity contribution in [2.75, 3.05) is 18.0 Å². The van der Waals surface area contributed by atoms with Crippen molar-refractivity contribution in [3.05, 3.63) is 88.5 Å². The zero-order chi connectivity index (χ0) is 23.0. The number of fused-ring (bicyclic) bond motifs is 2. The topological polar surface area (TPSA) is 46.6 Å². The molecule has 0 atom stereocenters. The first kappa shape index (κ1) is 21.8. The van der Waals surface area contributed by atoms with Crippen molar-refractivity contribution in [1.82, 2.24) is 0 Å². The fourth-order valence-corrected chi connectivity index (χ4v) is 4.20. The number of ketones is 2. The summed E-state index contributed by atoms with van der Waals surface area (Å²) in [5, 5.41) is 0. The number of carbonyl (C=O) groups is 2. The maximum atomic E-state index is 13.6. The van der Waals surface area contributed by atoms with Crippen LogP contribution in [0, 0.1) is 0 Å². The molecule has 0 radical (unpaired) electrons. The fourth-order valence-electron chi connectivity index (χ4n) is 4.20. The van der Waals surface area contributed by atoms with Crippen molar-refractivity contribution >= 4 is 17.3 Å². The van der Waals surface area contributed by atoms with Crippen molar-refractivity contribution in [2.45, 2.75) is 40.0 Å². The minimum atomic E-state index is -0.175. The molecular weight excluding hydrogens is 398 g/mol. The highest BCUT2D eigenvalue weighted by molar-refractivity contribution is 6.29. The van der Waals surface area contributed by atoms with E-state index in [-0.39, 0.29) is 17.0 Å². The number of rotatable bonds is 5. The Morgan fingerprint density at radius 3 is 1.91 bits per heavy atom. The van der Waals surface area contributed by atoms with E-state index < -0.39 is 0 Å². The van der Waals surface area contributed by atoms with E-state index in [4.69, 9.17) is 4.74 Å². The first-order chi connectivity index (χ1) is 15.3. The molecule has 0 spiro atoms. The van der Waals surface area contributed by atoms with Gasteiger partial charge >= 0.3 is 0 Å². The minimum absolute atomic E-state index is 0.0307. The molecular formula is C28H29NO3. The van der Waals surface area contributed by atoms with Gasteiger partial charge in [0.25, 0.3) is 0 Å². The van der Waals surface area contributed by atoms with E-state index in [1.807, 2.05) is 30.3 Å². The summed E-state index contributed by atoms with van der Waals surface area (Å²) in [5.41, 5.74) is 3.65. The Balaban J connectivity index is 1.88. The Morgan fingerprint density at radius 1 is 0.750 bits per heavy atom. The number of carbonyl (C=O) groups excluding carboxylic acids is 2. The molecule has 0 aliphatic heterocycles. The lowest BCUT2D eigenvalue weighted by molar-refractivity contribution is 0.0977. The van der Waals surface area contributed by atoms with Crippen LogP contribution in [-0.4, -0.2) is 24.7 Å². The van der Waals surface area contributed by atoms with Gasteiger partial charge in [-0.15, -0.1) is 0 Å². The summed E-state index contributed by atoms with van der Waals surface area (Å²) < 4.78 is 6.38. The summed E-state index contributed by atoms with van der Waals surface area (Å²) >= 11 is 0. The summed E-state index contributed by atoms with van der Waals surface area (Å²) in [5.74, 6) is 0.765. The van der Waals surface area contributed by atoms with Gasteiger partial charge in [0, 0.05) is 29.8 Å². The first-order valence-electron chi connectivity index (χ1n) is 11.1. The molecule has 1 aliphatic carbocycles. The van der Waals surface area contributed by atoms with E-state index in [9.17, 15) is 9.59 Å². The largest absolute Gasteiger partial charge is 0.454 e. The van der Waals surface area contributed by atoms with Gasteiger partial charge < -0.3 is 9.64 Å². The van der Waals surface area contributed by atoms with E-state index in [0.29, 0.717) is 33.8 Å². The average molecular weight is 428 g/mol. The van der Waals surface area contributed by atoms with Crippen molar-refractivity contribution < 1.29 is 14.3 Å². The molecule has 1 aliphatic rings. The Morgan fingerprint density at radius 2 is 1.34 bits per heavy atom. The van der Waals surface area contributed by atoms with Gasteiger partial charge in [-0.25, -0.2) is 0 Å². The second-order valence-electron chi connectivity index (χ2n) is 9.09. The van der Waals surface area contributed by atoms with Crippen LogP contribution in [0.5, 0.6) is 11.5 Å². The number of hydrogen-bond acceptors (Lipinski definition) is 4. The molecule has 0 fully saturated rings. The van der Waals surface area contributed by atoms with E-state index in [0.717, 1.165) is 18.8 Å². The molecule has 3 aromatic rings. The minimum Gasteiger partial charge on any atom is -0.454 e. The van der Waals surface area contributed by atoms with Crippen molar-refractivity contribution in [3.8, 4) is 11.5 Å². The highest BCUT2D eigenvalue weighted by atomic mass is 16.5. The number of benzene rings is 3. The third kappa shape index (κ3) is 3.70. The van der Waals surface area contributed by atoms with Gasteiger partial charge in [-0.1, -0.05) is 57.2 Å². The molecule has 4 heteroatoms. The first-order valence-corrected chi connectivity index (χ1v) is 11.1. The molecule has 164 valence electrons. The van der Waals surface area contributed by atoms with E-state index in [1.165, 1.54) is 5.56 Å². The summed E-state index contributed by atoms with van der Waals surface area (Å²) in [6, 6.07) is 18.6. The van der Waals surface area contributed by atoms with Crippen LogP contribution in [-0.2, 0) is 5.41 Å². The monoisotopic (exact) mass is 427 g/mol. The van der Waals surface area contributed by atoms with Gasteiger partial charge in [0.15, 0.2) is 17.3 Å². The molecule has 0 amide bonds. The van der Waals surface area contributed by atoms with Gasteiger partial charge in [0.1, 0.15) is 5.75 Å². The van der Waals surface area contributed by atoms with Crippen molar-refractivity contribution in [1.29, 1.82) is 0 Å². The molecule has 4 nitrogen and oxygen atoms in total. The maximum Gasteiger partial charge on any atom is 0.198 e. The Kier molecular flexibility index (Phi) is 5.64. The van der Waals surface area contributed by atoms with E-state index in [1.54, 1.807) is 30.3 Å². The third-order valence-corrected chi connectivity index (χ3v) is 6.07. The lowest BCUT2D eigenvalue weighted by Gasteiger charge is -2.28.